The molecule has 1 N–H and O–H groups in total. The number of hydrogen-bond donors (Lipinski definition) is 1. The monoisotopic (exact) mass is 437 g/mol. The second-order valence-electron chi connectivity index (χ2n) is 7.71. The summed E-state index contributed by atoms with van der Waals surface area (Å²) in [6, 6.07) is 11.4. The van der Waals surface area contributed by atoms with Crippen LogP contribution in [0, 0.1) is 11.8 Å². The fourth-order valence-corrected chi connectivity index (χ4v) is 5.62. The molecule has 28 heavy (non-hydrogen) atoms. The quantitative estimate of drug-likeness (QED) is 0.638. The number of nitrogens with zero attached hydrogens (tertiary/aromatic N) is 1. The zero-order valence-electron chi connectivity index (χ0n) is 15.2. The minimum absolute atomic E-state index is 0.0192. The highest BCUT2D eigenvalue weighted by Gasteiger charge is 2.45. The fourth-order valence-electron chi connectivity index (χ4n) is 4.18. The average molecular weight is 438 g/mol. The van der Waals surface area contributed by atoms with Crippen LogP contribution >= 0.6 is 34.5 Å². The van der Waals surface area contributed by atoms with Crippen LogP contribution in [-0.4, -0.2) is 28.4 Å². The number of aliphatic carboxylic acids is 1. The molecule has 1 aromatic heterocycles. The van der Waals surface area contributed by atoms with Crippen LogP contribution in [0.4, 0.5) is 0 Å². The topological polar surface area (TPSA) is 57.6 Å². The second kappa shape index (κ2) is 8.05. The van der Waals surface area contributed by atoms with Gasteiger partial charge < -0.3 is 10.0 Å². The predicted molar refractivity (Wildman–Crippen MR) is 111 cm³/mol. The van der Waals surface area contributed by atoms with Crippen molar-refractivity contribution < 1.29 is 14.7 Å². The molecule has 4 rings (SSSR count). The van der Waals surface area contributed by atoms with E-state index in [1.165, 1.54) is 11.3 Å². The van der Waals surface area contributed by atoms with Gasteiger partial charge in [0, 0.05) is 28.3 Å². The molecular formula is C21H21Cl2NO3S. The molecule has 0 bridgehead atoms. The summed E-state index contributed by atoms with van der Waals surface area (Å²) < 4.78 is 0.686. The van der Waals surface area contributed by atoms with Gasteiger partial charge in [-0.05, 0) is 55.0 Å². The average Bonchev–Trinajstić information content (AvgIpc) is 3.36. The fraction of sp³-hybridized carbons (Fsp3) is 0.429. The normalized spacial score (nSPS) is 25.1. The van der Waals surface area contributed by atoms with Crippen molar-refractivity contribution in [3.63, 3.8) is 0 Å². The van der Waals surface area contributed by atoms with E-state index in [1.807, 2.05) is 41.3 Å². The first-order chi connectivity index (χ1) is 13.4. The number of piperidine rings is 1. The molecule has 148 valence electrons. The smallest absolute Gasteiger partial charge is 0.304 e. The van der Waals surface area contributed by atoms with Crippen molar-refractivity contribution in [2.24, 2.45) is 11.8 Å². The lowest BCUT2D eigenvalue weighted by atomic mass is 9.76. The van der Waals surface area contributed by atoms with Crippen LogP contribution in [0.1, 0.15) is 48.1 Å². The summed E-state index contributed by atoms with van der Waals surface area (Å²) in [5, 5.41) is 9.98. The minimum Gasteiger partial charge on any atom is -0.481 e. The van der Waals surface area contributed by atoms with Crippen LogP contribution < -0.4 is 0 Å². The van der Waals surface area contributed by atoms with E-state index in [1.54, 1.807) is 0 Å². The summed E-state index contributed by atoms with van der Waals surface area (Å²) in [6.45, 7) is 0.673. The van der Waals surface area contributed by atoms with Crippen molar-refractivity contribution >= 4 is 46.4 Å². The Hall–Kier alpha value is -1.56. The van der Waals surface area contributed by atoms with Gasteiger partial charge in [0.25, 0.3) is 0 Å². The Morgan fingerprint density at radius 2 is 2.00 bits per heavy atom. The van der Waals surface area contributed by atoms with Gasteiger partial charge in [-0.3, -0.25) is 9.59 Å². The van der Waals surface area contributed by atoms with E-state index in [0.29, 0.717) is 28.2 Å². The summed E-state index contributed by atoms with van der Waals surface area (Å²) in [6.07, 6.45) is 2.59. The molecule has 2 heterocycles. The van der Waals surface area contributed by atoms with E-state index in [4.69, 9.17) is 23.2 Å². The van der Waals surface area contributed by atoms with Gasteiger partial charge >= 0.3 is 5.97 Å². The largest absolute Gasteiger partial charge is 0.481 e. The second-order valence-corrected chi connectivity index (χ2v) is 9.90. The summed E-state index contributed by atoms with van der Waals surface area (Å²) >= 11 is 14.0. The first kappa shape index (κ1) is 19.7. The van der Waals surface area contributed by atoms with Crippen LogP contribution in [-0.2, 0) is 9.59 Å². The highest BCUT2D eigenvalue weighted by molar-refractivity contribution is 7.16. The number of carboxylic acid groups (broad SMARTS) is 1. The van der Waals surface area contributed by atoms with E-state index >= 15 is 0 Å². The highest BCUT2D eigenvalue weighted by atomic mass is 35.5. The van der Waals surface area contributed by atoms with Crippen LogP contribution in [0.25, 0.3) is 0 Å². The van der Waals surface area contributed by atoms with Gasteiger partial charge in [-0.15, -0.1) is 11.3 Å². The summed E-state index contributed by atoms with van der Waals surface area (Å²) in [5.41, 5.74) is 1.03. The summed E-state index contributed by atoms with van der Waals surface area (Å²) in [4.78, 5) is 27.6. The number of hydrogen-bond acceptors (Lipinski definition) is 3. The van der Waals surface area contributed by atoms with Crippen molar-refractivity contribution in [2.45, 2.75) is 37.6 Å². The Morgan fingerprint density at radius 3 is 2.61 bits per heavy atom. The molecule has 1 aliphatic carbocycles. The Balaban J connectivity index is 1.77. The van der Waals surface area contributed by atoms with E-state index in [2.05, 4.69) is 0 Å². The number of rotatable bonds is 6. The van der Waals surface area contributed by atoms with E-state index in [9.17, 15) is 14.7 Å². The predicted octanol–water partition coefficient (Wildman–Crippen LogP) is 5.61. The van der Waals surface area contributed by atoms with Gasteiger partial charge in [0.1, 0.15) is 0 Å². The van der Waals surface area contributed by atoms with Crippen molar-refractivity contribution in [2.75, 3.05) is 6.54 Å². The minimum atomic E-state index is -0.938. The number of benzene rings is 1. The zero-order chi connectivity index (χ0) is 19.8. The van der Waals surface area contributed by atoms with Gasteiger partial charge in [0.15, 0.2) is 0 Å². The van der Waals surface area contributed by atoms with Crippen LogP contribution in [0.15, 0.2) is 36.4 Å². The molecule has 3 unspecified atom stereocenters. The van der Waals surface area contributed by atoms with E-state index in [0.717, 1.165) is 23.3 Å². The SMILES string of the molecule is O=C(O)CC1CC(c2cccc(Cl)c2)C(c2ccc(Cl)s2)N(CC2CC2)C1=O. The molecule has 2 aromatic rings. The Kier molecular flexibility index (Phi) is 5.68. The molecule has 4 nitrogen and oxygen atoms in total. The number of likely N-dealkylation sites (tertiary alicyclic amines) is 1. The number of thiophene rings is 1. The van der Waals surface area contributed by atoms with Crippen molar-refractivity contribution in [3.05, 3.63) is 56.2 Å². The number of carbonyl (C=O) groups is 2. The molecule has 0 radical (unpaired) electrons. The number of halogens is 2. The standard InChI is InChI=1S/C21H21Cl2NO3S/c22-15-3-1-2-13(8-15)16-9-14(10-19(25)26)21(27)24(11-12-4-5-12)20(16)17-6-7-18(23)28-17/h1-3,6-8,12,14,16,20H,4-5,9-11H2,(H,25,26). The van der Waals surface area contributed by atoms with Gasteiger partial charge in [-0.1, -0.05) is 35.3 Å². The van der Waals surface area contributed by atoms with Gasteiger partial charge in [0.05, 0.1) is 16.8 Å². The Morgan fingerprint density at radius 1 is 1.21 bits per heavy atom. The Labute approximate surface area is 178 Å². The van der Waals surface area contributed by atoms with Gasteiger partial charge in [-0.2, -0.15) is 0 Å². The molecule has 1 saturated carbocycles. The van der Waals surface area contributed by atoms with Crippen molar-refractivity contribution in [1.29, 1.82) is 0 Å². The lowest BCUT2D eigenvalue weighted by molar-refractivity contribution is -0.150. The van der Waals surface area contributed by atoms with Crippen LogP contribution in [0.3, 0.4) is 0 Å². The third-order valence-corrected chi connectivity index (χ3v) is 7.16. The maximum Gasteiger partial charge on any atom is 0.304 e. The van der Waals surface area contributed by atoms with Crippen molar-refractivity contribution in [1.82, 2.24) is 4.90 Å². The van der Waals surface area contributed by atoms with Gasteiger partial charge in [0.2, 0.25) is 5.91 Å². The van der Waals surface area contributed by atoms with E-state index < -0.39 is 11.9 Å². The molecule has 2 fully saturated rings. The molecular weight excluding hydrogens is 417 g/mol. The molecule has 3 atom stereocenters. The summed E-state index contributed by atoms with van der Waals surface area (Å²) in [5.74, 6) is -1.03. The molecule has 1 saturated heterocycles. The summed E-state index contributed by atoms with van der Waals surface area (Å²) in [7, 11) is 0. The van der Waals surface area contributed by atoms with Crippen LogP contribution in [0.5, 0.6) is 0 Å². The maximum absolute atomic E-state index is 13.3. The number of amides is 1. The molecule has 0 spiro atoms. The third-order valence-electron chi connectivity index (χ3n) is 5.62. The van der Waals surface area contributed by atoms with Crippen LogP contribution in [0.2, 0.25) is 9.36 Å². The first-order valence-electron chi connectivity index (χ1n) is 9.45. The lowest BCUT2D eigenvalue weighted by Gasteiger charge is -2.44. The number of carboxylic acids is 1. The molecule has 1 amide bonds. The third kappa shape index (κ3) is 4.22. The lowest BCUT2D eigenvalue weighted by Crippen LogP contribution is -2.48. The highest BCUT2D eigenvalue weighted by Crippen LogP contribution is 2.49. The maximum atomic E-state index is 13.3. The molecule has 2 aliphatic rings. The Bertz CT molecular complexity index is 895. The van der Waals surface area contributed by atoms with Gasteiger partial charge in [-0.25, -0.2) is 0 Å². The van der Waals surface area contributed by atoms with Crippen molar-refractivity contribution in [3.8, 4) is 0 Å². The molecule has 7 heteroatoms. The first-order valence-corrected chi connectivity index (χ1v) is 11.0. The zero-order valence-corrected chi connectivity index (χ0v) is 17.5. The molecule has 1 aliphatic heterocycles. The van der Waals surface area contributed by atoms with E-state index in [-0.39, 0.29) is 24.3 Å². The molecule has 1 aromatic carbocycles. The number of carbonyl (C=O) groups excluding carboxylic acids is 1.